The molecule has 2 aromatic carbocycles. The van der Waals surface area contributed by atoms with Gasteiger partial charge in [0.05, 0.1) is 11.4 Å². The third kappa shape index (κ3) is 5.15. The molecular formula is C24H31N3O5S. The summed E-state index contributed by atoms with van der Waals surface area (Å²) in [5, 5.41) is 6.13. The lowest BCUT2D eigenvalue weighted by Gasteiger charge is -2.27. The Hall–Kier alpha value is -2.62. The molecule has 0 bridgehead atoms. The molecule has 1 amide bonds. The number of piperidine rings is 1. The fourth-order valence-corrected chi connectivity index (χ4v) is 5.58. The van der Waals surface area contributed by atoms with Crippen LogP contribution in [0.15, 0.2) is 41.3 Å². The minimum Gasteiger partial charge on any atom is -0.454 e. The van der Waals surface area contributed by atoms with Crippen molar-refractivity contribution in [2.45, 2.75) is 50.5 Å². The van der Waals surface area contributed by atoms with Gasteiger partial charge in [-0.1, -0.05) is 18.6 Å². The molecule has 2 aliphatic rings. The van der Waals surface area contributed by atoms with E-state index in [1.807, 2.05) is 39.0 Å². The van der Waals surface area contributed by atoms with Gasteiger partial charge in [-0.05, 0) is 69.0 Å². The van der Waals surface area contributed by atoms with Crippen LogP contribution in [0.5, 0.6) is 11.5 Å². The van der Waals surface area contributed by atoms with E-state index in [0.717, 1.165) is 30.4 Å². The lowest BCUT2D eigenvalue weighted by Crippen LogP contribution is -2.41. The highest BCUT2D eigenvalue weighted by atomic mass is 32.2. The van der Waals surface area contributed by atoms with Gasteiger partial charge in [0.1, 0.15) is 0 Å². The van der Waals surface area contributed by atoms with E-state index >= 15 is 0 Å². The predicted molar refractivity (Wildman–Crippen MR) is 126 cm³/mol. The van der Waals surface area contributed by atoms with Crippen molar-refractivity contribution >= 4 is 21.6 Å². The summed E-state index contributed by atoms with van der Waals surface area (Å²) in [6.07, 6.45) is 2.80. The van der Waals surface area contributed by atoms with E-state index in [4.69, 9.17) is 9.47 Å². The van der Waals surface area contributed by atoms with Crippen LogP contribution in [0.25, 0.3) is 0 Å². The lowest BCUT2D eigenvalue weighted by molar-refractivity contribution is -0.115. The molecule has 178 valence electrons. The first-order valence-electron chi connectivity index (χ1n) is 11.2. The maximum absolute atomic E-state index is 13.0. The number of nitrogens with one attached hydrogen (secondary N) is 2. The van der Waals surface area contributed by atoms with Crippen molar-refractivity contribution in [1.82, 2.24) is 9.62 Å². The molecule has 8 nitrogen and oxygen atoms in total. The molecule has 0 radical (unpaired) electrons. The van der Waals surface area contributed by atoms with Crippen LogP contribution in [0.2, 0.25) is 0 Å². The van der Waals surface area contributed by atoms with E-state index in [2.05, 4.69) is 10.6 Å². The number of sulfonamides is 1. The van der Waals surface area contributed by atoms with E-state index in [-0.39, 0.29) is 24.1 Å². The Labute approximate surface area is 195 Å². The van der Waals surface area contributed by atoms with Gasteiger partial charge in [-0.15, -0.1) is 0 Å². The molecule has 9 heteroatoms. The maximum Gasteiger partial charge on any atom is 0.243 e. The predicted octanol–water partition coefficient (Wildman–Crippen LogP) is 3.36. The van der Waals surface area contributed by atoms with Crippen molar-refractivity contribution in [3.63, 3.8) is 0 Å². The Morgan fingerprint density at radius 3 is 2.52 bits per heavy atom. The zero-order valence-electron chi connectivity index (χ0n) is 19.3. The molecule has 0 atom stereocenters. The number of ether oxygens (including phenoxy) is 2. The number of amides is 1. The van der Waals surface area contributed by atoms with Crippen LogP contribution in [-0.4, -0.2) is 45.1 Å². The van der Waals surface area contributed by atoms with Crippen molar-refractivity contribution in [3.05, 3.63) is 47.5 Å². The van der Waals surface area contributed by atoms with Crippen molar-refractivity contribution in [2.24, 2.45) is 0 Å². The Balaban J connectivity index is 1.42. The largest absolute Gasteiger partial charge is 0.454 e. The van der Waals surface area contributed by atoms with Crippen LogP contribution in [-0.2, 0) is 20.4 Å². The molecule has 1 saturated heterocycles. The first kappa shape index (κ1) is 23.5. The second-order valence-electron chi connectivity index (χ2n) is 9.04. The summed E-state index contributed by atoms with van der Waals surface area (Å²) in [5.74, 6) is 1.15. The number of nitrogens with zero attached hydrogens (tertiary/aromatic N) is 1. The first-order valence-corrected chi connectivity index (χ1v) is 12.7. The van der Waals surface area contributed by atoms with E-state index in [1.54, 1.807) is 18.2 Å². The summed E-state index contributed by atoms with van der Waals surface area (Å²) in [7, 11) is -3.57. The van der Waals surface area contributed by atoms with Crippen molar-refractivity contribution in [2.75, 3.05) is 31.7 Å². The zero-order valence-corrected chi connectivity index (χ0v) is 20.1. The normalized spacial score (nSPS) is 16.6. The number of benzene rings is 2. The molecule has 2 aromatic rings. The average Bonchev–Trinajstić information content (AvgIpc) is 3.28. The number of hydrogen-bond donors (Lipinski definition) is 2. The number of fused-ring (bicyclic) bond motifs is 1. The van der Waals surface area contributed by atoms with Gasteiger partial charge < -0.3 is 14.8 Å². The van der Waals surface area contributed by atoms with Crippen molar-refractivity contribution in [3.8, 4) is 11.5 Å². The summed E-state index contributed by atoms with van der Waals surface area (Å²) >= 11 is 0. The Morgan fingerprint density at radius 1 is 1.03 bits per heavy atom. The van der Waals surface area contributed by atoms with Gasteiger partial charge in [-0.25, -0.2) is 8.42 Å². The number of hydrogen-bond acceptors (Lipinski definition) is 6. The fraction of sp³-hybridized carbons (Fsp3) is 0.458. The van der Waals surface area contributed by atoms with Crippen molar-refractivity contribution in [1.29, 1.82) is 0 Å². The standard InChI is InChI=1S/C24H31N3O5S/c1-17-7-9-19(33(29,30)27-11-5-4-6-12-27)14-20(17)26-23(28)15-25-24(2,3)18-8-10-21-22(13-18)32-16-31-21/h7-10,13-14,25H,4-6,11-12,15-16H2,1-3H3,(H,26,28). The van der Waals surface area contributed by atoms with E-state index < -0.39 is 15.6 Å². The highest BCUT2D eigenvalue weighted by molar-refractivity contribution is 7.89. The molecule has 0 aromatic heterocycles. The highest BCUT2D eigenvalue weighted by Gasteiger charge is 2.27. The summed E-state index contributed by atoms with van der Waals surface area (Å²) < 4.78 is 38.4. The molecule has 4 rings (SSSR count). The second-order valence-corrected chi connectivity index (χ2v) is 11.0. The highest BCUT2D eigenvalue weighted by Crippen LogP contribution is 2.35. The monoisotopic (exact) mass is 473 g/mol. The Kier molecular flexibility index (Phi) is 6.65. The zero-order chi connectivity index (χ0) is 23.6. The number of carbonyl (C=O) groups is 1. The van der Waals surface area contributed by atoms with Gasteiger partial charge in [-0.2, -0.15) is 4.31 Å². The minimum atomic E-state index is -3.57. The molecule has 2 N–H and O–H groups in total. The van der Waals surface area contributed by atoms with Gasteiger partial charge >= 0.3 is 0 Å². The summed E-state index contributed by atoms with van der Waals surface area (Å²) in [5.41, 5.74) is 1.77. The first-order chi connectivity index (χ1) is 15.7. The molecule has 0 saturated carbocycles. The number of aryl methyl sites for hydroxylation is 1. The Bertz CT molecular complexity index is 1140. The number of carbonyl (C=O) groups excluding carboxylic acids is 1. The van der Waals surface area contributed by atoms with Crippen LogP contribution in [0.1, 0.15) is 44.2 Å². The van der Waals surface area contributed by atoms with Crippen LogP contribution >= 0.6 is 0 Å². The van der Waals surface area contributed by atoms with Gasteiger partial charge in [0, 0.05) is 24.3 Å². The minimum absolute atomic E-state index is 0.0595. The van der Waals surface area contributed by atoms with E-state index in [0.29, 0.717) is 30.3 Å². The van der Waals surface area contributed by atoms with Gasteiger partial charge in [-0.3, -0.25) is 10.1 Å². The number of anilines is 1. The topological polar surface area (TPSA) is 97.0 Å². The Morgan fingerprint density at radius 2 is 1.76 bits per heavy atom. The molecule has 2 heterocycles. The third-order valence-corrected chi connectivity index (χ3v) is 8.12. The fourth-order valence-electron chi connectivity index (χ4n) is 4.03. The quantitative estimate of drug-likeness (QED) is 0.640. The summed E-state index contributed by atoms with van der Waals surface area (Å²) in [4.78, 5) is 12.9. The van der Waals surface area contributed by atoms with Gasteiger partial charge in [0.15, 0.2) is 11.5 Å². The van der Waals surface area contributed by atoms with Gasteiger partial charge in [0.25, 0.3) is 0 Å². The maximum atomic E-state index is 13.0. The van der Waals surface area contributed by atoms with Gasteiger partial charge in [0.2, 0.25) is 22.7 Å². The SMILES string of the molecule is Cc1ccc(S(=O)(=O)N2CCCCC2)cc1NC(=O)CNC(C)(C)c1ccc2c(c1)OCO2. The molecule has 0 unspecified atom stereocenters. The summed E-state index contributed by atoms with van der Waals surface area (Å²) in [6, 6.07) is 10.6. The third-order valence-electron chi connectivity index (χ3n) is 6.22. The van der Waals surface area contributed by atoms with Crippen LogP contribution in [0, 0.1) is 6.92 Å². The van der Waals surface area contributed by atoms with Crippen LogP contribution < -0.4 is 20.1 Å². The molecule has 2 aliphatic heterocycles. The van der Waals surface area contributed by atoms with Crippen LogP contribution in [0.4, 0.5) is 5.69 Å². The van der Waals surface area contributed by atoms with E-state index in [9.17, 15) is 13.2 Å². The van der Waals surface area contributed by atoms with E-state index in [1.165, 1.54) is 4.31 Å². The molecule has 33 heavy (non-hydrogen) atoms. The van der Waals surface area contributed by atoms with Crippen molar-refractivity contribution < 1.29 is 22.7 Å². The molecule has 1 fully saturated rings. The summed E-state index contributed by atoms with van der Waals surface area (Å²) in [6.45, 7) is 7.15. The molecular weight excluding hydrogens is 442 g/mol. The average molecular weight is 474 g/mol. The molecule has 0 aliphatic carbocycles. The number of rotatable bonds is 7. The molecule has 0 spiro atoms. The lowest BCUT2D eigenvalue weighted by atomic mass is 9.94. The van der Waals surface area contributed by atoms with Crippen LogP contribution in [0.3, 0.4) is 0 Å². The second kappa shape index (κ2) is 9.32. The smallest absolute Gasteiger partial charge is 0.243 e.